The zero-order valence-corrected chi connectivity index (χ0v) is 9.56. The molecule has 0 spiro atoms. The minimum Gasteiger partial charge on any atom is -0.294 e. The molecule has 0 aliphatic carbocycles. The van der Waals surface area contributed by atoms with Gasteiger partial charge < -0.3 is 0 Å². The smallest absolute Gasteiger partial charge is 0.164 e. The van der Waals surface area contributed by atoms with Crippen molar-refractivity contribution in [3.63, 3.8) is 0 Å². The summed E-state index contributed by atoms with van der Waals surface area (Å²) in [7, 11) is 0. The highest BCUT2D eigenvalue weighted by atomic mass is 19.1. The van der Waals surface area contributed by atoms with E-state index in [2.05, 4.69) is 5.10 Å². The second-order valence-electron chi connectivity index (χ2n) is 3.96. The van der Waals surface area contributed by atoms with Crippen LogP contribution in [0.15, 0.2) is 36.7 Å². The maximum Gasteiger partial charge on any atom is 0.164 e. The van der Waals surface area contributed by atoms with Gasteiger partial charge in [0.2, 0.25) is 0 Å². The van der Waals surface area contributed by atoms with E-state index < -0.39 is 0 Å². The number of hydrogen-bond acceptors (Lipinski definition) is 2. The van der Waals surface area contributed by atoms with Gasteiger partial charge in [0, 0.05) is 24.7 Å². The van der Waals surface area contributed by atoms with Gasteiger partial charge in [0.05, 0.1) is 6.20 Å². The van der Waals surface area contributed by atoms with Gasteiger partial charge in [0.1, 0.15) is 5.82 Å². The maximum absolute atomic E-state index is 12.7. The SMILES string of the molecule is Cc1cnn(CCC(=O)c2ccc(F)cc2)c1. The normalized spacial score (nSPS) is 10.5. The Labute approximate surface area is 98.9 Å². The van der Waals surface area contributed by atoms with Crippen LogP contribution in [-0.2, 0) is 6.54 Å². The van der Waals surface area contributed by atoms with Crippen LogP contribution in [0, 0.1) is 12.7 Å². The third-order valence-corrected chi connectivity index (χ3v) is 2.50. The predicted molar refractivity (Wildman–Crippen MR) is 62.3 cm³/mol. The molecule has 0 radical (unpaired) electrons. The molecule has 0 atom stereocenters. The fourth-order valence-electron chi connectivity index (χ4n) is 1.59. The summed E-state index contributed by atoms with van der Waals surface area (Å²) in [5.41, 5.74) is 1.61. The number of carbonyl (C=O) groups excluding carboxylic acids is 1. The van der Waals surface area contributed by atoms with Gasteiger partial charge in [-0.1, -0.05) is 0 Å². The second kappa shape index (κ2) is 4.91. The Balaban J connectivity index is 1.95. The van der Waals surface area contributed by atoms with Gasteiger partial charge in [0.25, 0.3) is 0 Å². The Bertz CT molecular complexity index is 516. The maximum atomic E-state index is 12.7. The number of halogens is 1. The average Bonchev–Trinajstić information content (AvgIpc) is 2.73. The molecule has 2 aromatic rings. The van der Waals surface area contributed by atoms with Crippen molar-refractivity contribution in [2.45, 2.75) is 19.9 Å². The molecule has 0 bridgehead atoms. The molecule has 1 heterocycles. The quantitative estimate of drug-likeness (QED) is 0.759. The molecule has 0 amide bonds. The monoisotopic (exact) mass is 232 g/mol. The topological polar surface area (TPSA) is 34.9 Å². The van der Waals surface area contributed by atoms with E-state index in [0.29, 0.717) is 18.5 Å². The van der Waals surface area contributed by atoms with Crippen molar-refractivity contribution in [1.29, 1.82) is 0 Å². The zero-order chi connectivity index (χ0) is 12.3. The molecule has 0 aliphatic heterocycles. The highest BCUT2D eigenvalue weighted by Crippen LogP contribution is 2.07. The molecule has 1 aromatic heterocycles. The average molecular weight is 232 g/mol. The lowest BCUT2D eigenvalue weighted by Gasteiger charge is -2.01. The van der Waals surface area contributed by atoms with Crippen molar-refractivity contribution in [2.75, 3.05) is 0 Å². The van der Waals surface area contributed by atoms with Crippen LogP contribution in [0.5, 0.6) is 0 Å². The summed E-state index contributed by atoms with van der Waals surface area (Å²) < 4.78 is 14.4. The first-order valence-corrected chi connectivity index (χ1v) is 5.43. The summed E-state index contributed by atoms with van der Waals surface area (Å²) in [6, 6.07) is 5.61. The van der Waals surface area contributed by atoms with E-state index in [1.165, 1.54) is 24.3 Å². The van der Waals surface area contributed by atoms with Crippen LogP contribution in [0.1, 0.15) is 22.3 Å². The van der Waals surface area contributed by atoms with Crippen LogP contribution in [-0.4, -0.2) is 15.6 Å². The van der Waals surface area contributed by atoms with Crippen molar-refractivity contribution >= 4 is 5.78 Å². The van der Waals surface area contributed by atoms with Crippen molar-refractivity contribution in [3.8, 4) is 0 Å². The molecule has 1 aromatic carbocycles. The predicted octanol–water partition coefficient (Wildman–Crippen LogP) is 2.60. The van der Waals surface area contributed by atoms with E-state index in [0.717, 1.165) is 5.56 Å². The van der Waals surface area contributed by atoms with E-state index >= 15 is 0 Å². The minimum atomic E-state index is -0.329. The standard InChI is InChI=1S/C13H13FN2O/c1-10-8-15-16(9-10)7-6-13(17)11-2-4-12(14)5-3-11/h2-5,8-9H,6-7H2,1H3. The number of nitrogens with zero attached hydrogens (tertiary/aromatic N) is 2. The molecule has 0 fully saturated rings. The summed E-state index contributed by atoms with van der Waals surface area (Å²) in [6.07, 6.45) is 4.01. The van der Waals surface area contributed by atoms with E-state index in [4.69, 9.17) is 0 Å². The third kappa shape index (κ3) is 3.00. The Morgan fingerprint density at radius 3 is 2.65 bits per heavy atom. The highest BCUT2D eigenvalue weighted by molar-refractivity contribution is 5.95. The molecule has 17 heavy (non-hydrogen) atoms. The van der Waals surface area contributed by atoms with Gasteiger partial charge in [-0.2, -0.15) is 5.10 Å². The van der Waals surface area contributed by atoms with E-state index in [9.17, 15) is 9.18 Å². The lowest BCUT2D eigenvalue weighted by atomic mass is 10.1. The first-order chi connectivity index (χ1) is 8.15. The van der Waals surface area contributed by atoms with Gasteiger partial charge in [-0.15, -0.1) is 0 Å². The van der Waals surface area contributed by atoms with Gasteiger partial charge in [-0.05, 0) is 36.8 Å². The third-order valence-electron chi connectivity index (χ3n) is 2.50. The lowest BCUT2D eigenvalue weighted by Crippen LogP contribution is -2.06. The van der Waals surface area contributed by atoms with Crippen LogP contribution in [0.4, 0.5) is 4.39 Å². The number of rotatable bonds is 4. The number of hydrogen-bond donors (Lipinski definition) is 0. The fraction of sp³-hybridized carbons (Fsp3) is 0.231. The zero-order valence-electron chi connectivity index (χ0n) is 9.56. The molecule has 0 N–H and O–H groups in total. The van der Waals surface area contributed by atoms with Crippen LogP contribution in [0.25, 0.3) is 0 Å². The molecule has 0 saturated heterocycles. The molecular weight excluding hydrogens is 219 g/mol. The highest BCUT2D eigenvalue weighted by Gasteiger charge is 2.06. The number of ketones is 1. The lowest BCUT2D eigenvalue weighted by molar-refractivity contribution is 0.0975. The Hall–Kier alpha value is -1.97. The number of aryl methyl sites for hydroxylation is 2. The van der Waals surface area contributed by atoms with E-state index in [-0.39, 0.29) is 11.6 Å². The van der Waals surface area contributed by atoms with Crippen LogP contribution in [0.2, 0.25) is 0 Å². The second-order valence-corrected chi connectivity index (χ2v) is 3.96. The van der Waals surface area contributed by atoms with Crippen LogP contribution < -0.4 is 0 Å². The summed E-state index contributed by atoms with van der Waals surface area (Å²) in [4.78, 5) is 11.8. The van der Waals surface area contributed by atoms with Crippen molar-refractivity contribution in [2.24, 2.45) is 0 Å². The Kier molecular flexibility index (Phi) is 3.32. The number of benzene rings is 1. The summed E-state index contributed by atoms with van der Waals surface area (Å²) >= 11 is 0. The van der Waals surface area contributed by atoms with E-state index in [1.54, 1.807) is 10.9 Å². The molecular formula is C13H13FN2O. The number of carbonyl (C=O) groups is 1. The molecule has 3 nitrogen and oxygen atoms in total. The summed E-state index contributed by atoms with van der Waals surface area (Å²) in [5.74, 6) is -0.331. The largest absolute Gasteiger partial charge is 0.294 e. The van der Waals surface area contributed by atoms with Gasteiger partial charge in [0.15, 0.2) is 5.78 Å². The molecule has 4 heteroatoms. The fourth-order valence-corrected chi connectivity index (χ4v) is 1.59. The van der Waals surface area contributed by atoms with Gasteiger partial charge >= 0.3 is 0 Å². The first-order valence-electron chi connectivity index (χ1n) is 5.43. The Morgan fingerprint density at radius 1 is 1.35 bits per heavy atom. The van der Waals surface area contributed by atoms with Gasteiger partial charge in [-0.3, -0.25) is 9.48 Å². The molecule has 88 valence electrons. The molecule has 2 rings (SSSR count). The van der Waals surface area contributed by atoms with E-state index in [1.807, 2.05) is 13.1 Å². The Morgan fingerprint density at radius 2 is 2.06 bits per heavy atom. The van der Waals surface area contributed by atoms with Crippen molar-refractivity contribution in [1.82, 2.24) is 9.78 Å². The molecule has 0 aliphatic rings. The van der Waals surface area contributed by atoms with Crippen LogP contribution in [0.3, 0.4) is 0 Å². The molecule has 0 saturated carbocycles. The molecule has 0 unspecified atom stereocenters. The number of aromatic nitrogens is 2. The number of Topliss-reactive ketones (excluding diaryl/α,β-unsaturated/α-hetero) is 1. The first kappa shape index (κ1) is 11.5. The van der Waals surface area contributed by atoms with Crippen molar-refractivity contribution in [3.05, 3.63) is 53.6 Å². The van der Waals surface area contributed by atoms with Crippen molar-refractivity contribution < 1.29 is 9.18 Å². The summed E-state index contributed by atoms with van der Waals surface area (Å²) in [5, 5.41) is 4.10. The van der Waals surface area contributed by atoms with Crippen LogP contribution >= 0.6 is 0 Å². The van der Waals surface area contributed by atoms with Gasteiger partial charge in [-0.25, -0.2) is 4.39 Å². The summed E-state index contributed by atoms with van der Waals surface area (Å²) in [6.45, 7) is 2.50. The minimum absolute atomic E-state index is 0.00171.